The molecule has 2 saturated heterocycles. The molecular formula is C56H79Br2N5O10SSi2. The van der Waals surface area contributed by atoms with Crippen molar-refractivity contribution in [1.82, 2.24) is 19.8 Å². The van der Waals surface area contributed by atoms with Crippen molar-refractivity contribution >= 4 is 82.5 Å². The number of rotatable bonds is 16. The molecule has 0 spiro atoms. The smallest absolute Gasteiger partial charge is 0.410 e. The van der Waals surface area contributed by atoms with Crippen LogP contribution < -0.4 is 4.90 Å². The molecule has 0 radical (unpaired) electrons. The normalized spacial score (nSPS) is 18.2. The van der Waals surface area contributed by atoms with E-state index in [4.69, 9.17) is 22.5 Å². The number of nitrogens with zero attached hydrogens (tertiary/aromatic N) is 5. The Balaban J connectivity index is 0.000000289. The summed E-state index contributed by atoms with van der Waals surface area (Å²) in [7, 11) is -7.54. The van der Waals surface area contributed by atoms with Crippen molar-refractivity contribution in [2.45, 2.75) is 142 Å². The molecule has 2 aromatic carbocycles. The average molecular weight is 1230 g/mol. The maximum Gasteiger partial charge on any atom is 0.410 e. The van der Waals surface area contributed by atoms with Gasteiger partial charge in [-0.05, 0) is 123 Å². The van der Waals surface area contributed by atoms with Crippen molar-refractivity contribution in [3.63, 3.8) is 0 Å². The second-order valence-corrected chi connectivity index (χ2v) is 34.7. The summed E-state index contributed by atoms with van der Waals surface area (Å²) in [4.78, 5) is 51.7. The van der Waals surface area contributed by atoms with Gasteiger partial charge in [-0.1, -0.05) is 127 Å². The molecule has 76 heavy (non-hydrogen) atoms. The first kappa shape index (κ1) is 64.0. The van der Waals surface area contributed by atoms with Crippen LogP contribution in [0.25, 0.3) is 0 Å². The van der Waals surface area contributed by atoms with Gasteiger partial charge in [0.2, 0.25) is 5.91 Å². The van der Waals surface area contributed by atoms with E-state index in [0.717, 1.165) is 32.0 Å². The van der Waals surface area contributed by atoms with Gasteiger partial charge in [0, 0.05) is 43.4 Å². The molecule has 6 rings (SSSR count). The number of likely N-dealkylation sites (tertiary alicyclic amines) is 2. The fraction of sp³-hybridized carbons (Fsp3) is 0.482. The summed E-state index contributed by atoms with van der Waals surface area (Å²) in [5.41, 5.74) is 2.89. The summed E-state index contributed by atoms with van der Waals surface area (Å²) in [6.07, 6.45) is 12.1. The highest BCUT2D eigenvalue weighted by Gasteiger charge is 2.45. The number of amides is 3. The van der Waals surface area contributed by atoms with Crippen LogP contribution in [0.15, 0.2) is 131 Å². The van der Waals surface area contributed by atoms with Gasteiger partial charge in [-0.2, -0.15) is 8.42 Å². The van der Waals surface area contributed by atoms with E-state index in [2.05, 4.69) is 110 Å². The average Bonchev–Trinajstić information content (AvgIpc) is 3.94. The number of aryl methyl sites for hydroxylation is 1. The summed E-state index contributed by atoms with van der Waals surface area (Å²) in [6.45, 7) is 27.1. The molecule has 2 aromatic heterocycles. The SMILES string of the molecule is CC(=O)N(C/C=C/[C@@H]1C[C@@H](O[Si](C)(C)C(C)(C)C)CN1C(=O)OCc1ccccc1)c1ncccc1Br.CC(C)(C)[Si](C)(C)O[C@@H]1C[C@@H](/C=C/COS(C)(=O)=O)N(C(=O)OCc2ccccc2)C1.Cc1ncccc1Br. The molecule has 3 amide bonds. The molecule has 416 valence electrons. The number of ether oxygens (including phenoxy) is 2. The zero-order chi connectivity index (χ0) is 56.5. The number of carbonyl (C=O) groups is 3. The van der Waals surface area contributed by atoms with Crippen LogP contribution in [-0.4, -0.2) is 120 Å². The first-order chi connectivity index (χ1) is 35.5. The number of carbonyl (C=O) groups excluding carboxylic acids is 3. The Morgan fingerprint density at radius 2 is 1.12 bits per heavy atom. The van der Waals surface area contributed by atoms with Gasteiger partial charge in [0.25, 0.3) is 10.1 Å². The van der Waals surface area contributed by atoms with Crippen LogP contribution in [0, 0.1) is 6.92 Å². The van der Waals surface area contributed by atoms with Crippen molar-refractivity contribution in [3.05, 3.63) is 147 Å². The van der Waals surface area contributed by atoms with Gasteiger partial charge in [0.1, 0.15) is 19.0 Å². The molecular weight excluding hydrogens is 1150 g/mol. The van der Waals surface area contributed by atoms with Crippen molar-refractivity contribution in [3.8, 4) is 0 Å². The Morgan fingerprint density at radius 1 is 0.684 bits per heavy atom. The largest absolute Gasteiger partial charge is 0.445 e. The highest BCUT2D eigenvalue weighted by molar-refractivity contribution is 9.11. The summed E-state index contributed by atoms with van der Waals surface area (Å²) in [5.74, 6) is 0.443. The fourth-order valence-corrected chi connectivity index (χ4v) is 11.3. The maximum absolute atomic E-state index is 13.2. The third kappa shape index (κ3) is 20.7. The Bertz CT molecular complexity index is 2650. The summed E-state index contributed by atoms with van der Waals surface area (Å²) < 4.78 is 53.3. The van der Waals surface area contributed by atoms with Crippen LogP contribution in [0.1, 0.15) is 78.1 Å². The van der Waals surface area contributed by atoms with Gasteiger partial charge in [0.05, 0.1) is 47.3 Å². The van der Waals surface area contributed by atoms with Crippen molar-refractivity contribution in [2.24, 2.45) is 0 Å². The van der Waals surface area contributed by atoms with Crippen LogP contribution in [0.2, 0.25) is 36.3 Å². The third-order valence-corrected chi connectivity index (χ3v) is 24.8. The molecule has 0 saturated carbocycles. The second-order valence-electron chi connectivity index (χ2n) is 21.8. The van der Waals surface area contributed by atoms with Gasteiger partial charge >= 0.3 is 12.2 Å². The van der Waals surface area contributed by atoms with E-state index in [1.807, 2.05) is 104 Å². The number of hydrogen-bond acceptors (Lipinski definition) is 12. The Morgan fingerprint density at radius 3 is 1.50 bits per heavy atom. The first-order valence-corrected chi connectivity index (χ1v) is 34.6. The lowest BCUT2D eigenvalue weighted by atomic mass is 10.2. The summed E-state index contributed by atoms with van der Waals surface area (Å²) >= 11 is 6.81. The van der Waals surface area contributed by atoms with Gasteiger partial charge in [-0.25, -0.2) is 14.6 Å². The predicted molar refractivity (Wildman–Crippen MR) is 313 cm³/mol. The minimum absolute atomic E-state index is 0.0584. The molecule has 2 fully saturated rings. The summed E-state index contributed by atoms with van der Waals surface area (Å²) in [6, 6.07) is 26.3. The highest BCUT2D eigenvalue weighted by Crippen LogP contribution is 2.40. The van der Waals surface area contributed by atoms with Crippen LogP contribution in [0.5, 0.6) is 0 Å². The van der Waals surface area contributed by atoms with Gasteiger partial charge in [-0.3, -0.25) is 28.7 Å². The van der Waals surface area contributed by atoms with Crippen molar-refractivity contribution < 1.29 is 45.3 Å². The standard InChI is InChI=1S/C28H38BrN3O4Si.C22H35NO6SSi.C6H6BrN/c1-21(33)31(26-25(29)15-10-16-30-26)17-11-14-23-18-24(36-37(5,6)28(2,3)4)19-32(23)27(34)35-20-22-12-8-7-9-13-22;1-22(2,3)31(5,6)29-20-15-19(13-10-14-28-30(4,25)26)23(16-20)21(24)27-17-18-11-8-7-9-12-18;1-5-6(7)3-2-4-8-5/h7-16,23-24H,17-20H2,1-6H3;7-13,19-20H,14-17H2,1-6H3;2-4H,1H3/b14-11+;13-10+;/t23-,24-;19-,20-;/m11./s1. The van der Waals surface area contributed by atoms with Crippen LogP contribution in [-0.2, 0) is 50.6 Å². The van der Waals surface area contributed by atoms with E-state index in [-0.39, 0.29) is 66.2 Å². The quantitative estimate of drug-likeness (QED) is 0.0592. The van der Waals surface area contributed by atoms with Crippen molar-refractivity contribution in [2.75, 3.05) is 37.4 Å². The molecule has 0 aliphatic carbocycles. The van der Waals surface area contributed by atoms with Crippen LogP contribution >= 0.6 is 31.9 Å². The van der Waals surface area contributed by atoms with E-state index in [1.165, 1.54) is 6.92 Å². The monoisotopic (exact) mass is 1230 g/mol. The number of halogens is 2. The molecule has 20 heteroatoms. The van der Waals surface area contributed by atoms with Gasteiger partial charge in [0.15, 0.2) is 16.6 Å². The molecule has 4 aromatic rings. The number of benzene rings is 2. The Kier molecular flexibility index (Phi) is 24.3. The predicted octanol–water partition coefficient (Wildman–Crippen LogP) is 13.0. The molecule has 4 heterocycles. The van der Waals surface area contributed by atoms with Gasteiger partial charge < -0.3 is 18.3 Å². The Labute approximate surface area is 471 Å². The summed E-state index contributed by atoms with van der Waals surface area (Å²) in [5, 5.41) is 0.126. The first-order valence-electron chi connectivity index (χ1n) is 25.4. The molecule has 2 aliphatic heterocycles. The highest BCUT2D eigenvalue weighted by atomic mass is 79.9. The van der Waals surface area contributed by atoms with E-state index < -0.39 is 32.8 Å². The minimum Gasteiger partial charge on any atom is -0.445 e. The topological polar surface area (TPSA) is 167 Å². The van der Waals surface area contributed by atoms with E-state index in [0.29, 0.717) is 38.3 Å². The second kappa shape index (κ2) is 28.9. The molecule has 4 atom stereocenters. The fourth-order valence-electron chi connectivity index (χ4n) is 7.50. The number of hydrogen-bond donors (Lipinski definition) is 0. The molecule has 2 aliphatic rings. The number of aromatic nitrogens is 2. The molecule has 0 bridgehead atoms. The Hall–Kier alpha value is -4.55. The lowest BCUT2D eigenvalue weighted by molar-refractivity contribution is -0.116. The van der Waals surface area contributed by atoms with Crippen LogP contribution in [0.3, 0.4) is 0 Å². The molecule has 0 unspecified atom stereocenters. The van der Waals surface area contributed by atoms with E-state index >= 15 is 0 Å². The maximum atomic E-state index is 13.2. The molecule has 15 nitrogen and oxygen atoms in total. The van der Waals surface area contributed by atoms with E-state index in [1.54, 1.807) is 39.2 Å². The van der Waals surface area contributed by atoms with Crippen molar-refractivity contribution in [1.29, 1.82) is 0 Å². The lowest BCUT2D eigenvalue weighted by Crippen LogP contribution is -2.44. The minimum atomic E-state index is -3.52. The zero-order valence-electron chi connectivity index (χ0n) is 46.5. The number of anilines is 1. The van der Waals surface area contributed by atoms with E-state index in [9.17, 15) is 22.8 Å². The lowest BCUT2D eigenvalue weighted by Gasteiger charge is -2.38. The molecule has 0 N–H and O–H groups in total. The number of pyridine rings is 2. The zero-order valence-corrected chi connectivity index (χ0v) is 52.5. The van der Waals surface area contributed by atoms with Crippen LogP contribution in [0.4, 0.5) is 15.4 Å². The third-order valence-electron chi connectivity index (χ3n) is 13.7. The van der Waals surface area contributed by atoms with Gasteiger partial charge in [-0.15, -0.1) is 0 Å².